The Morgan fingerprint density at radius 2 is 1.94 bits per heavy atom. The van der Waals surface area contributed by atoms with Crippen LogP contribution < -0.4 is 14.8 Å². The van der Waals surface area contributed by atoms with Crippen LogP contribution in [0, 0.1) is 0 Å². The second kappa shape index (κ2) is 8.89. The van der Waals surface area contributed by atoms with Crippen molar-refractivity contribution in [1.82, 2.24) is 10.2 Å². The molecule has 0 saturated carbocycles. The lowest BCUT2D eigenvalue weighted by atomic mass is 9.53. The number of nitrogens with one attached hydrogen (secondary N) is 1. The number of carbonyl (C=O) groups is 2. The van der Waals surface area contributed by atoms with Crippen LogP contribution in [0.2, 0.25) is 0 Å². The van der Waals surface area contributed by atoms with Crippen LogP contribution in [0.5, 0.6) is 11.5 Å². The summed E-state index contributed by atoms with van der Waals surface area (Å²) in [4.78, 5) is 27.9. The number of benzene rings is 2. The molecule has 2 aromatic rings. The Hall–Kier alpha value is -3.58. The highest BCUT2D eigenvalue weighted by atomic mass is 16.5. The SMILES string of the molecule is COC(=O)/C=C\[C@@]1(NC(=O)/C=C/c2ccccc2)[C@H]2Cc3ccc(OC)c4c3[C@@]1(CCN2C)CO4. The Morgan fingerprint density at radius 1 is 1.14 bits per heavy atom. The molecule has 0 unspecified atom stereocenters. The van der Waals surface area contributed by atoms with E-state index in [1.807, 2.05) is 42.5 Å². The van der Waals surface area contributed by atoms with Crippen LogP contribution in [-0.4, -0.2) is 62.8 Å². The van der Waals surface area contributed by atoms with E-state index in [0.29, 0.717) is 18.8 Å². The molecule has 182 valence electrons. The molecule has 1 fully saturated rings. The standard InChI is InChI=1S/C28H30N2O5/c1-30-16-15-27-18-35-26-21(33-2)11-10-20(25(26)27)17-22(30)28(27,14-13-24(32)34-3)29-23(31)12-9-19-7-5-4-6-8-19/h4-14,22H,15-18H2,1-3H3,(H,29,31)/b12-9+,14-13-/t22-,27-,28-/m1/s1. The quantitative estimate of drug-likeness (QED) is 0.513. The number of hydrogen-bond acceptors (Lipinski definition) is 6. The topological polar surface area (TPSA) is 77.1 Å². The van der Waals surface area contributed by atoms with Gasteiger partial charge in [0.15, 0.2) is 11.5 Å². The van der Waals surface area contributed by atoms with Gasteiger partial charge in [-0.05, 0) is 55.8 Å². The minimum atomic E-state index is -0.892. The van der Waals surface area contributed by atoms with Gasteiger partial charge >= 0.3 is 5.97 Å². The third kappa shape index (κ3) is 3.62. The van der Waals surface area contributed by atoms with E-state index in [-0.39, 0.29) is 11.9 Å². The van der Waals surface area contributed by atoms with Gasteiger partial charge in [0.25, 0.3) is 0 Å². The van der Waals surface area contributed by atoms with E-state index in [1.165, 1.54) is 18.7 Å². The molecule has 1 amide bonds. The van der Waals surface area contributed by atoms with Gasteiger partial charge in [0, 0.05) is 23.8 Å². The summed E-state index contributed by atoms with van der Waals surface area (Å²) in [5.41, 5.74) is 1.75. The number of piperidine rings is 1. The molecule has 3 atom stereocenters. The molecule has 2 aromatic carbocycles. The van der Waals surface area contributed by atoms with Crippen LogP contribution in [0.3, 0.4) is 0 Å². The van der Waals surface area contributed by atoms with Gasteiger partial charge in [0.2, 0.25) is 5.91 Å². The number of likely N-dealkylation sites (tertiary alicyclic amines) is 1. The molecule has 1 saturated heterocycles. The highest BCUT2D eigenvalue weighted by molar-refractivity contribution is 5.93. The molecule has 3 aliphatic rings. The maximum atomic E-state index is 13.4. The lowest BCUT2D eigenvalue weighted by Crippen LogP contribution is -2.76. The normalized spacial score (nSPS) is 26.9. The van der Waals surface area contributed by atoms with Crippen LogP contribution in [0.1, 0.15) is 23.1 Å². The van der Waals surface area contributed by atoms with Crippen LogP contribution in [-0.2, 0) is 26.2 Å². The van der Waals surface area contributed by atoms with Gasteiger partial charge in [-0.15, -0.1) is 0 Å². The van der Waals surface area contributed by atoms with E-state index in [2.05, 4.69) is 23.3 Å². The van der Waals surface area contributed by atoms with Crippen molar-refractivity contribution in [2.75, 3.05) is 34.4 Å². The third-order valence-electron chi connectivity index (χ3n) is 7.76. The molecule has 2 bridgehead atoms. The first kappa shape index (κ1) is 23.2. The zero-order valence-electron chi connectivity index (χ0n) is 20.2. The summed E-state index contributed by atoms with van der Waals surface area (Å²) < 4.78 is 16.8. The van der Waals surface area contributed by atoms with E-state index in [4.69, 9.17) is 14.2 Å². The fourth-order valence-corrected chi connectivity index (χ4v) is 6.08. The van der Waals surface area contributed by atoms with Gasteiger partial charge in [-0.2, -0.15) is 0 Å². The maximum Gasteiger partial charge on any atom is 0.330 e. The predicted molar refractivity (Wildman–Crippen MR) is 132 cm³/mol. The fraction of sp³-hybridized carbons (Fsp3) is 0.357. The van der Waals surface area contributed by atoms with Gasteiger partial charge < -0.3 is 24.4 Å². The van der Waals surface area contributed by atoms with Crippen molar-refractivity contribution < 1.29 is 23.8 Å². The summed E-state index contributed by atoms with van der Waals surface area (Å²) in [6.07, 6.45) is 8.05. The Morgan fingerprint density at radius 3 is 2.69 bits per heavy atom. The van der Waals surface area contributed by atoms with E-state index in [1.54, 1.807) is 19.3 Å². The Bertz CT molecular complexity index is 1210. The number of methoxy groups -OCH3 is 2. The first-order chi connectivity index (χ1) is 16.9. The largest absolute Gasteiger partial charge is 0.493 e. The third-order valence-corrected chi connectivity index (χ3v) is 7.76. The van der Waals surface area contributed by atoms with Crippen molar-refractivity contribution in [2.45, 2.75) is 29.8 Å². The Kier molecular flexibility index (Phi) is 5.89. The van der Waals surface area contributed by atoms with Crippen molar-refractivity contribution in [3.05, 3.63) is 77.4 Å². The molecule has 7 heteroatoms. The van der Waals surface area contributed by atoms with Crippen molar-refractivity contribution in [3.63, 3.8) is 0 Å². The first-order valence-electron chi connectivity index (χ1n) is 11.8. The number of fused-ring (bicyclic) bond motifs is 1. The summed E-state index contributed by atoms with van der Waals surface area (Å²) in [7, 11) is 5.05. The monoisotopic (exact) mass is 474 g/mol. The summed E-state index contributed by atoms with van der Waals surface area (Å²) in [5, 5.41) is 3.34. The van der Waals surface area contributed by atoms with E-state index in [0.717, 1.165) is 29.8 Å². The summed E-state index contributed by atoms with van der Waals surface area (Å²) in [5.74, 6) is 0.714. The highest BCUT2D eigenvalue weighted by Gasteiger charge is 2.66. The number of hydrogen-bond donors (Lipinski definition) is 1. The van der Waals surface area contributed by atoms with Crippen LogP contribution in [0.25, 0.3) is 6.08 Å². The lowest BCUT2D eigenvalue weighted by Gasteiger charge is -2.60. The van der Waals surface area contributed by atoms with Crippen LogP contribution in [0.4, 0.5) is 0 Å². The number of esters is 1. The molecule has 1 aliphatic carbocycles. The van der Waals surface area contributed by atoms with E-state index >= 15 is 0 Å². The summed E-state index contributed by atoms with van der Waals surface area (Å²) >= 11 is 0. The average molecular weight is 475 g/mol. The maximum absolute atomic E-state index is 13.4. The number of nitrogens with zero attached hydrogens (tertiary/aromatic N) is 1. The van der Waals surface area contributed by atoms with Gasteiger partial charge in [-0.1, -0.05) is 36.4 Å². The fourth-order valence-electron chi connectivity index (χ4n) is 6.08. The zero-order valence-corrected chi connectivity index (χ0v) is 20.2. The van der Waals surface area contributed by atoms with Crippen molar-refractivity contribution in [3.8, 4) is 11.5 Å². The number of rotatable bonds is 6. The number of amides is 1. The minimum Gasteiger partial charge on any atom is -0.493 e. The highest BCUT2D eigenvalue weighted by Crippen LogP contribution is 2.59. The van der Waals surface area contributed by atoms with Crippen molar-refractivity contribution in [1.29, 1.82) is 0 Å². The molecular formula is C28H30N2O5. The number of likely N-dealkylation sites (N-methyl/N-ethyl adjacent to an activating group) is 1. The number of ether oxygens (including phenoxy) is 3. The van der Waals surface area contributed by atoms with Crippen molar-refractivity contribution >= 4 is 18.0 Å². The molecule has 2 heterocycles. The van der Waals surface area contributed by atoms with Gasteiger partial charge in [-0.25, -0.2) is 4.79 Å². The molecular weight excluding hydrogens is 444 g/mol. The molecule has 1 spiro atoms. The molecule has 1 N–H and O–H groups in total. The summed E-state index contributed by atoms with van der Waals surface area (Å²) in [6.45, 7) is 1.22. The van der Waals surface area contributed by atoms with Gasteiger partial charge in [0.1, 0.15) is 6.61 Å². The van der Waals surface area contributed by atoms with E-state index < -0.39 is 16.9 Å². The minimum absolute atomic E-state index is 0.0818. The van der Waals surface area contributed by atoms with E-state index in [9.17, 15) is 9.59 Å². The molecule has 7 nitrogen and oxygen atoms in total. The Labute approximate surface area is 205 Å². The summed E-state index contributed by atoms with van der Waals surface area (Å²) in [6, 6.07) is 13.6. The van der Waals surface area contributed by atoms with Gasteiger partial charge in [0.05, 0.1) is 25.2 Å². The molecule has 0 radical (unpaired) electrons. The Balaban J connectivity index is 1.64. The molecule has 5 rings (SSSR count). The second-order valence-corrected chi connectivity index (χ2v) is 9.41. The van der Waals surface area contributed by atoms with Gasteiger partial charge in [-0.3, -0.25) is 4.79 Å². The zero-order chi connectivity index (χ0) is 24.6. The van der Waals surface area contributed by atoms with Crippen LogP contribution in [0.15, 0.2) is 60.7 Å². The first-order valence-corrected chi connectivity index (χ1v) is 11.8. The molecule has 0 aromatic heterocycles. The predicted octanol–water partition coefficient (Wildman–Crippen LogP) is 2.88. The van der Waals surface area contributed by atoms with Crippen molar-refractivity contribution in [2.24, 2.45) is 0 Å². The second-order valence-electron chi connectivity index (χ2n) is 9.41. The molecule has 35 heavy (non-hydrogen) atoms. The van der Waals surface area contributed by atoms with Crippen LogP contribution >= 0.6 is 0 Å². The average Bonchev–Trinajstić information content (AvgIpc) is 3.27. The molecule has 2 aliphatic heterocycles. The lowest BCUT2D eigenvalue weighted by molar-refractivity contribution is -0.135. The smallest absolute Gasteiger partial charge is 0.330 e. The number of carbonyl (C=O) groups excluding carboxylic acids is 2.